The summed E-state index contributed by atoms with van der Waals surface area (Å²) in [6.07, 6.45) is 3.47. The SMILES string of the molecule is CCN(CC)CCn1cc(NC(=O)c2cc3c(OC)cc(OC)c(OC)c3[nH]2)cn1. The summed E-state index contributed by atoms with van der Waals surface area (Å²) in [4.78, 5) is 18.2. The van der Waals surface area contributed by atoms with Crippen molar-refractivity contribution in [3.8, 4) is 17.2 Å². The second-order valence-corrected chi connectivity index (χ2v) is 6.76. The van der Waals surface area contributed by atoms with E-state index in [9.17, 15) is 4.79 Å². The van der Waals surface area contributed by atoms with Crippen molar-refractivity contribution in [2.45, 2.75) is 20.4 Å². The van der Waals surface area contributed by atoms with Gasteiger partial charge in [0.2, 0.25) is 0 Å². The predicted molar refractivity (Wildman–Crippen MR) is 116 cm³/mol. The van der Waals surface area contributed by atoms with Gasteiger partial charge in [0.05, 0.1) is 45.3 Å². The molecule has 3 rings (SSSR count). The van der Waals surface area contributed by atoms with E-state index >= 15 is 0 Å². The van der Waals surface area contributed by atoms with Crippen LogP contribution in [0.5, 0.6) is 17.2 Å². The normalized spacial score (nSPS) is 11.1. The topological polar surface area (TPSA) is 93.6 Å². The quantitative estimate of drug-likeness (QED) is 0.529. The molecule has 9 nitrogen and oxygen atoms in total. The fourth-order valence-electron chi connectivity index (χ4n) is 3.39. The van der Waals surface area contributed by atoms with Crippen LogP contribution in [0.25, 0.3) is 10.9 Å². The first-order valence-corrected chi connectivity index (χ1v) is 9.92. The fraction of sp³-hybridized carbons (Fsp3) is 0.429. The molecule has 0 saturated heterocycles. The van der Waals surface area contributed by atoms with Gasteiger partial charge in [-0.05, 0) is 19.2 Å². The monoisotopic (exact) mass is 415 g/mol. The van der Waals surface area contributed by atoms with Crippen LogP contribution in [-0.2, 0) is 6.54 Å². The highest BCUT2D eigenvalue weighted by molar-refractivity contribution is 6.07. The largest absolute Gasteiger partial charge is 0.496 e. The molecule has 0 aliphatic heterocycles. The number of ether oxygens (including phenoxy) is 3. The summed E-state index contributed by atoms with van der Waals surface area (Å²) >= 11 is 0. The fourth-order valence-corrected chi connectivity index (χ4v) is 3.39. The molecule has 0 atom stereocenters. The molecule has 1 amide bonds. The van der Waals surface area contributed by atoms with Gasteiger partial charge in [-0.25, -0.2) is 0 Å². The standard InChI is InChI=1S/C21H29N5O4/c1-6-25(7-2)8-9-26-13-14(12-22-26)23-21(27)16-10-15-17(28-3)11-18(29-4)20(30-5)19(15)24-16/h10-13,24H,6-9H2,1-5H3,(H,23,27). The summed E-state index contributed by atoms with van der Waals surface area (Å²) in [5, 5.41) is 7.94. The van der Waals surface area contributed by atoms with Crippen molar-refractivity contribution < 1.29 is 19.0 Å². The molecule has 162 valence electrons. The number of aromatic nitrogens is 3. The molecular weight excluding hydrogens is 386 g/mol. The Kier molecular flexibility index (Phi) is 6.83. The number of anilines is 1. The third-order valence-electron chi connectivity index (χ3n) is 5.12. The maximum absolute atomic E-state index is 12.8. The van der Waals surface area contributed by atoms with Crippen LogP contribution in [0, 0.1) is 0 Å². The first kappa shape index (κ1) is 21.5. The minimum atomic E-state index is -0.280. The van der Waals surface area contributed by atoms with E-state index in [1.54, 1.807) is 39.7 Å². The molecule has 2 aromatic heterocycles. The van der Waals surface area contributed by atoms with Gasteiger partial charge in [0.25, 0.3) is 5.91 Å². The second-order valence-electron chi connectivity index (χ2n) is 6.76. The van der Waals surface area contributed by atoms with Gasteiger partial charge >= 0.3 is 0 Å². The lowest BCUT2D eigenvalue weighted by molar-refractivity contribution is 0.102. The summed E-state index contributed by atoms with van der Waals surface area (Å²) in [5.41, 5.74) is 1.65. The number of nitrogens with one attached hydrogen (secondary N) is 2. The van der Waals surface area contributed by atoms with E-state index in [1.807, 2.05) is 10.9 Å². The number of rotatable bonds is 10. The molecule has 0 aliphatic rings. The lowest BCUT2D eigenvalue weighted by Gasteiger charge is -2.17. The number of fused-ring (bicyclic) bond motifs is 1. The van der Waals surface area contributed by atoms with Crippen molar-refractivity contribution in [3.05, 3.63) is 30.2 Å². The molecule has 0 fully saturated rings. The third-order valence-corrected chi connectivity index (χ3v) is 5.12. The number of hydrogen-bond donors (Lipinski definition) is 2. The number of methoxy groups -OCH3 is 3. The highest BCUT2D eigenvalue weighted by Crippen LogP contribution is 2.41. The molecule has 0 saturated carbocycles. The van der Waals surface area contributed by atoms with E-state index in [1.165, 1.54) is 0 Å². The van der Waals surface area contributed by atoms with Crippen LogP contribution in [0.1, 0.15) is 24.3 Å². The van der Waals surface area contributed by atoms with Gasteiger partial charge in [-0.3, -0.25) is 9.48 Å². The van der Waals surface area contributed by atoms with Crippen LogP contribution in [-0.4, -0.2) is 66.5 Å². The molecule has 9 heteroatoms. The number of hydrogen-bond acceptors (Lipinski definition) is 6. The maximum atomic E-state index is 12.8. The van der Waals surface area contributed by atoms with Crippen molar-refractivity contribution in [1.29, 1.82) is 0 Å². The number of nitrogens with zero attached hydrogens (tertiary/aromatic N) is 3. The van der Waals surface area contributed by atoms with Crippen molar-refractivity contribution in [2.24, 2.45) is 0 Å². The van der Waals surface area contributed by atoms with Crippen LogP contribution in [0.15, 0.2) is 24.5 Å². The van der Waals surface area contributed by atoms with E-state index in [2.05, 4.69) is 34.1 Å². The smallest absolute Gasteiger partial charge is 0.272 e. The van der Waals surface area contributed by atoms with Crippen molar-refractivity contribution >= 4 is 22.5 Å². The molecule has 2 N–H and O–H groups in total. The van der Waals surface area contributed by atoms with E-state index in [-0.39, 0.29) is 5.91 Å². The van der Waals surface area contributed by atoms with E-state index in [4.69, 9.17) is 14.2 Å². The molecule has 0 unspecified atom stereocenters. The lowest BCUT2D eigenvalue weighted by Crippen LogP contribution is -2.27. The number of carbonyl (C=O) groups excluding carboxylic acids is 1. The predicted octanol–water partition coefficient (Wildman–Crippen LogP) is 2.98. The molecule has 0 spiro atoms. The Morgan fingerprint density at radius 1 is 1.13 bits per heavy atom. The molecule has 0 radical (unpaired) electrons. The highest BCUT2D eigenvalue weighted by atomic mass is 16.5. The van der Waals surface area contributed by atoms with E-state index < -0.39 is 0 Å². The van der Waals surface area contributed by atoms with Crippen LogP contribution in [0.3, 0.4) is 0 Å². The van der Waals surface area contributed by atoms with Crippen molar-refractivity contribution in [2.75, 3.05) is 46.3 Å². The van der Waals surface area contributed by atoms with E-state index in [0.717, 1.165) is 31.6 Å². The molecule has 0 bridgehead atoms. The maximum Gasteiger partial charge on any atom is 0.272 e. The summed E-state index contributed by atoms with van der Waals surface area (Å²) in [7, 11) is 4.68. The van der Waals surface area contributed by atoms with Crippen LogP contribution >= 0.6 is 0 Å². The Morgan fingerprint density at radius 3 is 2.50 bits per heavy atom. The number of benzene rings is 1. The number of carbonyl (C=O) groups is 1. The molecule has 2 heterocycles. The summed E-state index contributed by atoms with van der Waals surface area (Å²) < 4.78 is 18.1. The first-order valence-electron chi connectivity index (χ1n) is 9.92. The second kappa shape index (κ2) is 9.53. The van der Waals surface area contributed by atoms with Gasteiger partial charge in [-0.2, -0.15) is 5.10 Å². The summed E-state index contributed by atoms with van der Waals surface area (Å²) in [6.45, 7) is 7.94. The molecule has 30 heavy (non-hydrogen) atoms. The Bertz CT molecular complexity index is 1010. The Hall–Kier alpha value is -3.20. The Balaban J connectivity index is 1.79. The van der Waals surface area contributed by atoms with E-state index in [0.29, 0.717) is 34.1 Å². The molecule has 0 aliphatic carbocycles. The van der Waals surface area contributed by atoms with Gasteiger partial charge in [0.15, 0.2) is 11.5 Å². The zero-order valence-corrected chi connectivity index (χ0v) is 18.1. The first-order chi connectivity index (χ1) is 14.5. The average molecular weight is 415 g/mol. The zero-order chi connectivity index (χ0) is 21.7. The number of aromatic amines is 1. The number of H-pyrrole nitrogens is 1. The minimum absolute atomic E-state index is 0.280. The third kappa shape index (κ3) is 4.35. The van der Waals surface area contributed by atoms with Crippen molar-refractivity contribution in [3.63, 3.8) is 0 Å². The van der Waals surface area contributed by atoms with Crippen LogP contribution in [0.4, 0.5) is 5.69 Å². The van der Waals surface area contributed by atoms with Gasteiger partial charge in [-0.1, -0.05) is 13.8 Å². The zero-order valence-electron chi connectivity index (χ0n) is 18.1. The average Bonchev–Trinajstić information content (AvgIpc) is 3.40. The highest BCUT2D eigenvalue weighted by Gasteiger charge is 2.20. The minimum Gasteiger partial charge on any atom is -0.496 e. The van der Waals surface area contributed by atoms with Gasteiger partial charge < -0.3 is 29.4 Å². The van der Waals surface area contributed by atoms with Crippen LogP contribution in [0.2, 0.25) is 0 Å². The van der Waals surface area contributed by atoms with Gasteiger partial charge in [0, 0.05) is 24.2 Å². The van der Waals surface area contributed by atoms with Crippen LogP contribution < -0.4 is 19.5 Å². The van der Waals surface area contributed by atoms with Crippen molar-refractivity contribution in [1.82, 2.24) is 19.7 Å². The molecule has 1 aromatic carbocycles. The van der Waals surface area contributed by atoms with Gasteiger partial charge in [0.1, 0.15) is 11.4 Å². The lowest BCUT2D eigenvalue weighted by atomic mass is 10.2. The summed E-state index contributed by atoms with van der Waals surface area (Å²) in [6, 6.07) is 3.47. The molecular formula is C21H29N5O4. The Labute approximate surface area is 175 Å². The summed E-state index contributed by atoms with van der Waals surface area (Å²) in [5.74, 6) is 1.33. The number of likely N-dealkylation sites (N-methyl/N-ethyl adjacent to an activating group) is 1. The number of amides is 1. The van der Waals surface area contributed by atoms with Gasteiger partial charge in [-0.15, -0.1) is 0 Å². The molecule has 3 aromatic rings. The Morgan fingerprint density at radius 2 is 1.87 bits per heavy atom.